The van der Waals surface area contributed by atoms with Crippen molar-refractivity contribution in [2.75, 3.05) is 26.9 Å². The van der Waals surface area contributed by atoms with Crippen LogP contribution in [0.4, 0.5) is 4.39 Å². The van der Waals surface area contributed by atoms with E-state index in [-0.39, 0.29) is 29.2 Å². The fraction of sp³-hybridized carbons (Fsp3) is 0.400. The van der Waals surface area contributed by atoms with E-state index in [1.54, 1.807) is 25.4 Å². The van der Waals surface area contributed by atoms with Crippen molar-refractivity contribution in [2.45, 2.75) is 38.9 Å². The standard InChI is InChI=1S/C25H29FN4O4S/c1-15(2)30-16(3)22-24(32)23(31)20(13-29(22)12-19(30)14-34-10-9-33-4)25-28-27-21(35-25)11-17-5-7-18(26)8-6-17/h5-8,13,15,19,32H,3,9-12,14H2,1-2,4H3. The predicted octanol–water partition coefficient (Wildman–Crippen LogP) is 3.53. The quantitative estimate of drug-likeness (QED) is 0.450. The summed E-state index contributed by atoms with van der Waals surface area (Å²) in [6.45, 7) is 10.2. The summed E-state index contributed by atoms with van der Waals surface area (Å²) >= 11 is 1.27. The first-order valence-electron chi connectivity index (χ1n) is 11.4. The molecule has 0 saturated carbocycles. The molecule has 35 heavy (non-hydrogen) atoms. The molecule has 186 valence electrons. The molecule has 1 unspecified atom stereocenters. The molecule has 0 radical (unpaired) electrons. The number of ether oxygens (including phenoxy) is 2. The Balaban J connectivity index is 1.64. The average Bonchev–Trinajstić information content (AvgIpc) is 3.28. The van der Waals surface area contributed by atoms with Gasteiger partial charge in [0.15, 0.2) is 10.8 Å². The minimum absolute atomic E-state index is 0.0370. The lowest BCUT2D eigenvalue weighted by Gasteiger charge is -2.43. The van der Waals surface area contributed by atoms with Crippen LogP contribution in [0.25, 0.3) is 16.3 Å². The molecular weight excluding hydrogens is 471 g/mol. The maximum absolute atomic E-state index is 13.2. The molecule has 1 aliphatic heterocycles. The largest absolute Gasteiger partial charge is 0.503 e. The van der Waals surface area contributed by atoms with Gasteiger partial charge in [0.2, 0.25) is 5.43 Å². The Kier molecular flexibility index (Phi) is 7.63. The van der Waals surface area contributed by atoms with Crippen LogP contribution in [0.5, 0.6) is 5.75 Å². The lowest BCUT2D eigenvalue weighted by Crippen LogP contribution is -2.48. The van der Waals surface area contributed by atoms with Crippen LogP contribution in [-0.4, -0.2) is 63.8 Å². The third-order valence-corrected chi connectivity index (χ3v) is 6.86. The molecule has 10 heteroatoms. The van der Waals surface area contributed by atoms with Crippen molar-refractivity contribution in [3.8, 4) is 16.3 Å². The van der Waals surface area contributed by atoms with Crippen molar-refractivity contribution in [3.63, 3.8) is 0 Å². The first kappa shape index (κ1) is 25.0. The number of halogens is 1. The fourth-order valence-corrected chi connectivity index (χ4v) is 5.23. The van der Waals surface area contributed by atoms with Crippen LogP contribution in [0.3, 0.4) is 0 Å². The second-order valence-corrected chi connectivity index (χ2v) is 9.76. The molecule has 0 aliphatic carbocycles. The van der Waals surface area contributed by atoms with Crippen LogP contribution in [-0.2, 0) is 22.4 Å². The van der Waals surface area contributed by atoms with E-state index in [1.165, 1.54) is 23.5 Å². The molecule has 3 aromatic rings. The fourth-order valence-electron chi connectivity index (χ4n) is 4.35. The number of hydrogen-bond acceptors (Lipinski definition) is 8. The minimum atomic E-state index is -0.514. The summed E-state index contributed by atoms with van der Waals surface area (Å²) in [5.74, 6) is -0.656. The summed E-state index contributed by atoms with van der Waals surface area (Å²) < 4.78 is 25.9. The second kappa shape index (κ2) is 10.7. The summed E-state index contributed by atoms with van der Waals surface area (Å²) in [5, 5.41) is 20.4. The number of pyridine rings is 1. The Morgan fingerprint density at radius 3 is 2.69 bits per heavy atom. The van der Waals surface area contributed by atoms with Gasteiger partial charge in [0.05, 0.1) is 37.1 Å². The van der Waals surface area contributed by atoms with E-state index in [9.17, 15) is 14.3 Å². The van der Waals surface area contributed by atoms with Crippen LogP contribution in [0.15, 0.2) is 41.8 Å². The van der Waals surface area contributed by atoms with Gasteiger partial charge in [-0.1, -0.05) is 30.0 Å². The third-order valence-electron chi connectivity index (χ3n) is 5.91. The van der Waals surface area contributed by atoms with Gasteiger partial charge in [-0.2, -0.15) is 0 Å². The minimum Gasteiger partial charge on any atom is -0.503 e. The zero-order chi connectivity index (χ0) is 25.1. The highest BCUT2D eigenvalue weighted by Gasteiger charge is 2.33. The van der Waals surface area contributed by atoms with Crippen LogP contribution < -0.4 is 5.43 Å². The first-order valence-corrected chi connectivity index (χ1v) is 12.2. The Hall–Kier alpha value is -3.08. The summed E-state index contributed by atoms with van der Waals surface area (Å²) in [6.07, 6.45) is 2.18. The molecule has 1 N–H and O–H groups in total. The molecule has 0 bridgehead atoms. The number of methoxy groups -OCH3 is 1. The second-order valence-electron chi connectivity index (χ2n) is 8.69. The Bertz CT molecular complexity index is 1260. The van der Waals surface area contributed by atoms with Crippen molar-refractivity contribution in [1.29, 1.82) is 0 Å². The molecule has 0 spiro atoms. The molecule has 1 atom stereocenters. The van der Waals surface area contributed by atoms with Gasteiger partial charge in [-0.25, -0.2) is 4.39 Å². The summed E-state index contributed by atoms with van der Waals surface area (Å²) in [4.78, 5) is 15.2. The first-order chi connectivity index (χ1) is 16.8. The zero-order valence-electron chi connectivity index (χ0n) is 20.0. The van der Waals surface area contributed by atoms with Gasteiger partial charge in [0.25, 0.3) is 0 Å². The topological polar surface area (TPSA) is 89.7 Å². The summed E-state index contributed by atoms with van der Waals surface area (Å²) in [6, 6.07) is 6.24. The van der Waals surface area contributed by atoms with Crippen molar-refractivity contribution in [2.24, 2.45) is 0 Å². The summed E-state index contributed by atoms with van der Waals surface area (Å²) in [5.41, 5.74) is 1.62. The Morgan fingerprint density at radius 1 is 1.26 bits per heavy atom. The maximum Gasteiger partial charge on any atom is 0.234 e. The molecule has 1 aromatic carbocycles. The number of hydrogen-bond donors (Lipinski definition) is 1. The van der Waals surface area contributed by atoms with E-state index >= 15 is 0 Å². The number of nitrogens with zero attached hydrogens (tertiary/aromatic N) is 4. The molecule has 8 nitrogen and oxygen atoms in total. The molecule has 2 aromatic heterocycles. The number of rotatable bonds is 9. The van der Waals surface area contributed by atoms with E-state index in [2.05, 4.69) is 21.7 Å². The average molecular weight is 501 g/mol. The van der Waals surface area contributed by atoms with Crippen molar-refractivity contribution in [3.05, 3.63) is 69.3 Å². The van der Waals surface area contributed by atoms with Gasteiger partial charge in [0.1, 0.15) is 16.5 Å². The Morgan fingerprint density at radius 2 is 2.00 bits per heavy atom. The normalized spacial score (nSPS) is 15.6. The zero-order valence-corrected chi connectivity index (χ0v) is 20.8. The summed E-state index contributed by atoms with van der Waals surface area (Å²) in [7, 11) is 1.63. The van der Waals surface area contributed by atoms with Crippen LogP contribution in [0.2, 0.25) is 0 Å². The highest BCUT2D eigenvalue weighted by atomic mass is 32.1. The number of aromatic hydroxyl groups is 1. The number of fused-ring (bicyclic) bond motifs is 1. The highest BCUT2D eigenvalue weighted by molar-refractivity contribution is 7.14. The van der Waals surface area contributed by atoms with Crippen molar-refractivity contribution in [1.82, 2.24) is 19.7 Å². The molecule has 4 rings (SSSR count). The van der Waals surface area contributed by atoms with Crippen LogP contribution in [0.1, 0.15) is 30.1 Å². The van der Waals surface area contributed by atoms with Crippen LogP contribution in [0, 0.1) is 5.82 Å². The maximum atomic E-state index is 13.2. The third kappa shape index (κ3) is 5.29. The lowest BCUT2D eigenvalue weighted by molar-refractivity contribution is 0.0298. The van der Waals surface area contributed by atoms with Crippen molar-refractivity contribution < 1.29 is 19.0 Å². The molecule has 3 heterocycles. The Labute approximate surface area is 207 Å². The van der Waals surface area contributed by atoms with E-state index in [0.29, 0.717) is 54.2 Å². The molecule has 1 aliphatic rings. The smallest absolute Gasteiger partial charge is 0.234 e. The van der Waals surface area contributed by atoms with Gasteiger partial charge >= 0.3 is 0 Å². The lowest BCUT2D eigenvalue weighted by atomic mass is 10.0. The molecule has 0 amide bonds. The SMILES string of the molecule is C=C1c2c(O)c(=O)c(-c3nnc(Cc4ccc(F)cc4)s3)cn2CC(COCCOC)N1C(C)C. The number of benzene rings is 1. The molecule has 0 fully saturated rings. The van der Waals surface area contributed by atoms with Gasteiger partial charge in [0, 0.05) is 32.3 Å². The van der Waals surface area contributed by atoms with Gasteiger partial charge in [-0.05, 0) is 31.5 Å². The predicted molar refractivity (Wildman–Crippen MR) is 133 cm³/mol. The van der Waals surface area contributed by atoms with E-state index in [1.807, 2.05) is 18.4 Å². The van der Waals surface area contributed by atoms with Crippen molar-refractivity contribution >= 4 is 17.0 Å². The number of aromatic nitrogens is 3. The van der Waals surface area contributed by atoms with Crippen LogP contribution >= 0.6 is 11.3 Å². The van der Waals surface area contributed by atoms with Gasteiger partial charge < -0.3 is 24.0 Å². The molecule has 0 saturated heterocycles. The van der Waals surface area contributed by atoms with E-state index in [4.69, 9.17) is 9.47 Å². The molecular formula is C25H29FN4O4S. The highest BCUT2D eigenvalue weighted by Crippen LogP contribution is 2.35. The van der Waals surface area contributed by atoms with Gasteiger partial charge in [-0.15, -0.1) is 10.2 Å². The van der Waals surface area contributed by atoms with Gasteiger partial charge in [-0.3, -0.25) is 4.79 Å². The van der Waals surface area contributed by atoms with E-state index in [0.717, 1.165) is 5.56 Å². The van der Waals surface area contributed by atoms with E-state index < -0.39 is 5.43 Å². The monoisotopic (exact) mass is 500 g/mol.